The summed E-state index contributed by atoms with van der Waals surface area (Å²) in [6, 6.07) is 1.72. The maximum atomic E-state index is 13.5. The summed E-state index contributed by atoms with van der Waals surface area (Å²) < 4.78 is 26.5. The van der Waals surface area contributed by atoms with Crippen LogP contribution >= 0.6 is 0 Å². The molecule has 1 aliphatic carbocycles. The first kappa shape index (κ1) is 11.8. The van der Waals surface area contributed by atoms with Crippen LogP contribution in [0.5, 0.6) is 0 Å². The molecule has 0 radical (unpaired) electrons. The molecule has 1 fully saturated rings. The van der Waals surface area contributed by atoms with Gasteiger partial charge in [0.1, 0.15) is 5.82 Å². The molecule has 0 bridgehead atoms. The number of carbonyl (C=O) groups is 1. The fraction of sp³-hybridized carbons (Fsp3) is 0.417. The number of amides is 1. The molecule has 0 aromatic heterocycles. The van der Waals surface area contributed by atoms with E-state index in [2.05, 4.69) is 5.32 Å². The number of benzene rings is 1. The van der Waals surface area contributed by atoms with Crippen LogP contribution in [0.15, 0.2) is 12.1 Å². The van der Waals surface area contributed by atoms with Gasteiger partial charge in [-0.05, 0) is 24.5 Å². The molecule has 0 heterocycles. The Morgan fingerprint density at radius 3 is 2.76 bits per heavy atom. The summed E-state index contributed by atoms with van der Waals surface area (Å²) in [6.07, 6.45) is 3.27. The van der Waals surface area contributed by atoms with Crippen LogP contribution < -0.4 is 11.1 Å². The standard InChI is InChI=1S/C12H14F2N2O/c13-8-5-9(11(14)10(15)6-8)12(17)16-4-3-7-1-2-7/h5-7H,1-4,15H2,(H,16,17). The van der Waals surface area contributed by atoms with E-state index in [-0.39, 0.29) is 11.3 Å². The van der Waals surface area contributed by atoms with Crippen molar-refractivity contribution in [1.29, 1.82) is 0 Å². The number of nitrogen functional groups attached to an aromatic ring is 1. The molecule has 0 aliphatic heterocycles. The van der Waals surface area contributed by atoms with Crippen LogP contribution in [-0.2, 0) is 0 Å². The molecule has 1 amide bonds. The SMILES string of the molecule is Nc1cc(F)cc(C(=O)NCCC2CC2)c1F. The summed E-state index contributed by atoms with van der Waals surface area (Å²) in [4.78, 5) is 11.6. The molecule has 5 heteroatoms. The van der Waals surface area contributed by atoms with Crippen molar-refractivity contribution < 1.29 is 13.6 Å². The summed E-state index contributed by atoms with van der Waals surface area (Å²) in [5, 5.41) is 2.56. The number of anilines is 1. The van der Waals surface area contributed by atoms with E-state index in [0.29, 0.717) is 12.5 Å². The van der Waals surface area contributed by atoms with E-state index < -0.39 is 17.5 Å². The molecule has 2 rings (SSSR count). The molecule has 1 aliphatic rings. The molecule has 1 aromatic rings. The van der Waals surface area contributed by atoms with Crippen molar-refractivity contribution in [3.63, 3.8) is 0 Å². The number of halogens is 2. The largest absolute Gasteiger partial charge is 0.396 e. The Morgan fingerprint density at radius 2 is 2.12 bits per heavy atom. The topological polar surface area (TPSA) is 55.1 Å². The minimum Gasteiger partial charge on any atom is -0.396 e. The van der Waals surface area contributed by atoms with E-state index >= 15 is 0 Å². The highest BCUT2D eigenvalue weighted by molar-refractivity contribution is 5.95. The van der Waals surface area contributed by atoms with Gasteiger partial charge in [-0.1, -0.05) is 12.8 Å². The van der Waals surface area contributed by atoms with Gasteiger partial charge in [0.05, 0.1) is 11.3 Å². The third-order valence-electron chi connectivity index (χ3n) is 2.85. The molecule has 92 valence electrons. The van der Waals surface area contributed by atoms with Crippen LogP contribution in [0.25, 0.3) is 0 Å². The fourth-order valence-corrected chi connectivity index (χ4v) is 1.67. The summed E-state index contributed by atoms with van der Waals surface area (Å²) >= 11 is 0. The third-order valence-corrected chi connectivity index (χ3v) is 2.85. The quantitative estimate of drug-likeness (QED) is 0.792. The van der Waals surface area contributed by atoms with Crippen molar-refractivity contribution in [3.8, 4) is 0 Å². The second-order valence-electron chi connectivity index (χ2n) is 4.34. The van der Waals surface area contributed by atoms with Crippen molar-refractivity contribution in [2.24, 2.45) is 5.92 Å². The number of hydrogen-bond acceptors (Lipinski definition) is 2. The normalized spacial score (nSPS) is 14.7. The minimum absolute atomic E-state index is 0.335. The van der Waals surface area contributed by atoms with Crippen molar-refractivity contribution in [3.05, 3.63) is 29.3 Å². The van der Waals surface area contributed by atoms with Crippen LogP contribution in [0.1, 0.15) is 29.6 Å². The van der Waals surface area contributed by atoms with Gasteiger partial charge in [0.2, 0.25) is 0 Å². The van der Waals surface area contributed by atoms with Crippen molar-refractivity contribution in [1.82, 2.24) is 5.32 Å². The predicted molar refractivity (Wildman–Crippen MR) is 60.4 cm³/mol. The van der Waals surface area contributed by atoms with Gasteiger partial charge in [-0.3, -0.25) is 4.79 Å². The summed E-state index contributed by atoms with van der Waals surface area (Å²) in [5.41, 5.74) is 4.57. The van der Waals surface area contributed by atoms with Gasteiger partial charge in [0.25, 0.3) is 5.91 Å². The lowest BCUT2D eigenvalue weighted by Crippen LogP contribution is -2.26. The maximum absolute atomic E-state index is 13.5. The molecule has 0 unspecified atom stereocenters. The molecular weight excluding hydrogens is 226 g/mol. The smallest absolute Gasteiger partial charge is 0.254 e. The van der Waals surface area contributed by atoms with Crippen molar-refractivity contribution in [2.75, 3.05) is 12.3 Å². The Labute approximate surface area is 98.0 Å². The van der Waals surface area contributed by atoms with Crippen LogP contribution in [0.3, 0.4) is 0 Å². The number of hydrogen-bond donors (Lipinski definition) is 2. The molecule has 3 nitrogen and oxygen atoms in total. The first-order valence-corrected chi connectivity index (χ1v) is 5.60. The third kappa shape index (κ3) is 2.93. The molecule has 1 aromatic carbocycles. The first-order valence-electron chi connectivity index (χ1n) is 5.60. The second-order valence-corrected chi connectivity index (χ2v) is 4.34. The van der Waals surface area contributed by atoms with E-state index in [1.54, 1.807) is 0 Å². The Kier molecular flexibility index (Phi) is 3.26. The highest BCUT2D eigenvalue weighted by atomic mass is 19.1. The van der Waals surface area contributed by atoms with Gasteiger partial charge < -0.3 is 11.1 Å². The van der Waals surface area contributed by atoms with Gasteiger partial charge in [-0.25, -0.2) is 8.78 Å². The fourth-order valence-electron chi connectivity index (χ4n) is 1.67. The lowest BCUT2D eigenvalue weighted by atomic mass is 10.1. The predicted octanol–water partition coefficient (Wildman–Crippen LogP) is 2.08. The zero-order valence-electron chi connectivity index (χ0n) is 9.30. The van der Waals surface area contributed by atoms with Gasteiger partial charge in [0.15, 0.2) is 5.82 Å². The Morgan fingerprint density at radius 1 is 1.41 bits per heavy atom. The number of nitrogens with one attached hydrogen (secondary N) is 1. The summed E-state index contributed by atoms with van der Waals surface area (Å²) in [5.74, 6) is -1.52. The molecule has 0 saturated heterocycles. The molecule has 17 heavy (non-hydrogen) atoms. The molecule has 1 saturated carbocycles. The van der Waals surface area contributed by atoms with E-state index in [1.165, 1.54) is 12.8 Å². The van der Waals surface area contributed by atoms with Crippen LogP contribution in [0.2, 0.25) is 0 Å². The van der Waals surface area contributed by atoms with Crippen LogP contribution in [0, 0.1) is 17.6 Å². The Bertz CT molecular complexity index is 444. The van der Waals surface area contributed by atoms with E-state index in [9.17, 15) is 13.6 Å². The maximum Gasteiger partial charge on any atom is 0.254 e. The van der Waals surface area contributed by atoms with E-state index in [4.69, 9.17) is 5.73 Å². The number of carbonyl (C=O) groups excluding carboxylic acids is 1. The van der Waals surface area contributed by atoms with E-state index in [0.717, 1.165) is 18.6 Å². The lowest BCUT2D eigenvalue weighted by Gasteiger charge is -2.07. The van der Waals surface area contributed by atoms with Gasteiger partial charge in [-0.15, -0.1) is 0 Å². The molecule has 3 N–H and O–H groups in total. The molecular formula is C12H14F2N2O. The molecule has 0 spiro atoms. The Balaban J connectivity index is 2.01. The average molecular weight is 240 g/mol. The Hall–Kier alpha value is -1.65. The lowest BCUT2D eigenvalue weighted by molar-refractivity contribution is 0.0948. The highest BCUT2D eigenvalue weighted by Crippen LogP contribution is 2.31. The zero-order valence-corrected chi connectivity index (χ0v) is 9.30. The monoisotopic (exact) mass is 240 g/mol. The van der Waals surface area contributed by atoms with Crippen molar-refractivity contribution >= 4 is 11.6 Å². The van der Waals surface area contributed by atoms with Crippen LogP contribution in [-0.4, -0.2) is 12.5 Å². The van der Waals surface area contributed by atoms with Gasteiger partial charge in [-0.2, -0.15) is 0 Å². The summed E-state index contributed by atoms with van der Waals surface area (Å²) in [6.45, 7) is 0.485. The van der Waals surface area contributed by atoms with E-state index in [1.807, 2.05) is 0 Å². The van der Waals surface area contributed by atoms with Gasteiger partial charge >= 0.3 is 0 Å². The number of nitrogens with two attached hydrogens (primary N) is 1. The van der Waals surface area contributed by atoms with Crippen LogP contribution in [0.4, 0.5) is 14.5 Å². The van der Waals surface area contributed by atoms with Gasteiger partial charge in [0, 0.05) is 6.54 Å². The zero-order chi connectivity index (χ0) is 12.4. The highest BCUT2D eigenvalue weighted by Gasteiger charge is 2.21. The first-order chi connectivity index (χ1) is 8.08. The minimum atomic E-state index is -0.865. The van der Waals surface area contributed by atoms with Crippen molar-refractivity contribution in [2.45, 2.75) is 19.3 Å². The average Bonchev–Trinajstić information content (AvgIpc) is 3.07. The molecule has 0 atom stereocenters. The second kappa shape index (κ2) is 4.69. The summed E-state index contributed by atoms with van der Waals surface area (Å²) in [7, 11) is 0. The number of rotatable bonds is 4.